The molecule has 1 aromatic heterocycles. The fourth-order valence-corrected chi connectivity index (χ4v) is 3.09. The molecule has 0 spiro atoms. The molecule has 0 aliphatic rings. The number of carbonyl (C=O) groups is 1. The van der Waals surface area contributed by atoms with Gasteiger partial charge in [-0.3, -0.25) is 4.79 Å². The number of nitriles is 1. The molecule has 1 amide bonds. The monoisotopic (exact) mass is 389 g/mol. The highest BCUT2D eigenvalue weighted by atomic mass is 32.1. The van der Waals surface area contributed by atoms with Crippen LogP contribution in [0.25, 0.3) is 6.08 Å². The number of aryl methyl sites for hydroxylation is 1. The van der Waals surface area contributed by atoms with E-state index >= 15 is 0 Å². The van der Waals surface area contributed by atoms with E-state index < -0.39 is 0 Å². The molecule has 0 unspecified atom stereocenters. The highest BCUT2D eigenvalue weighted by Crippen LogP contribution is 2.17. The molecule has 28 heavy (non-hydrogen) atoms. The van der Waals surface area contributed by atoms with Crippen LogP contribution in [0, 0.1) is 18.3 Å². The van der Waals surface area contributed by atoms with Crippen LogP contribution in [0.3, 0.4) is 0 Å². The summed E-state index contributed by atoms with van der Waals surface area (Å²) in [5, 5.41) is 14.5. The van der Waals surface area contributed by atoms with Gasteiger partial charge in [-0.15, -0.1) is 11.3 Å². The molecule has 0 fully saturated rings. The van der Waals surface area contributed by atoms with Crippen LogP contribution in [0.2, 0.25) is 0 Å². The molecule has 0 saturated carbocycles. The lowest BCUT2D eigenvalue weighted by Gasteiger charge is -2.05. The van der Waals surface area contributed by atoms with Crippen molar-refractivity contribution in [3.05, 3.63) is 81.8 Å². The van der Waals surface area contributed by atoms with E-state index in [4.69, 9.17) is 10.00 Å². The van der Waals surface area contributed by atoms with Crippen molar-refractivity contribution in [2.75, 3.05) is 5.32 Å². The minimum Gasteiger partial charge on any atom is -0.487 e. The molecular weight excluding hydrogens is 370 g/mol. The Kier molecular flexibility index (Phi) is 6.55. The zero-order chi connectivity index (χ0) is 19.8. The van der Waals surface area contributed by atoms with Gasteiger partial charge in [-0.25, -0.2) is 4.98 Å². The van der Waals surface area contributed by atoms with Gasteiger partial charge in [-0.1, -0.05) is 24.3 Å². The Hall–Kier alpha value is -3.43. The number of aromatic nitrogens is 1. The van der Waals surface area contributed by atoms with Crippen molar-refractivity contribution in [3.63, 3.8) is 0 Å². The maximum Gasteiger partial charge on any atom is 0.248 e. The fourth-order valence-electron chi connectivity index (χ4n) is 2.49. The van der Waals surface area contributed by atoms with E-state index in [0.717, 1.165) is 27.6 Å². The average molecular weight is 389 g/mol. The maximum absolute atomic E-state index is 12.1. The van der Waals surface area contributed by atoms with Crippen LogP contribution in [-0.2, 0) is 17.8 Å². The number of amides is 1. The number of nitrogens with zero attached hydrogens (tertiary/aromatic N) is 2. The van der Waals surface area contributed by atoms with Crippen molar-refractivity contribution < 1.29 is 9.53 Å². The van der Waals surface area contributed by atoms with Crippen molar-refractivity contribution in [3.8, 4) is 11.8 Å². The zero-order valence-electron chi connectivity index (χ0n) is 15.4. The molecule has 0 aliphatic heterocycles. The standard InChI is InChI=1S/C22H19N3O2S/c1-16-24-20(15-28-16)14-27-21-4-2-3-18(13-21)7-10-22(26)25-19-8-5-17(6-9-19)11-12-23/h2-10,13,15H,11,14H2,1H3,(H,25,26)/b10-7+. The Morgan fingerprint density at radius 2 is 2.11 bits per heavy atom. The maximum atomic E-state index is 12.1. The number of anilines is 1. The molecule has 2 aromatic carbocycles. The van der Waals surface area contributed by atoms with Gasteiger partial charge < -0.3 is 10.1 Å². The molecule has 5 nitrogen and oxygen atoms in total. The number of thiazole rings is 1. The molecule has 0 atom stereocenters. The van der Waals surface area contributed by atoms with Crippen LogP contribution in [0.1, 0.15) is 21.8 Å². The fraction of sp³-hybridized carbons (Fsp3) is 0.136. The van der Waals surface area contributed by atoms with Crippen molar-refractivity contribution in [1.82, 2.24) is 4.98 Å². The third-order valence-electron chi connectivity index (χ3n) is 3.84. The van der Waals surface area contributed by atoms with Crippen LogP contribution < -0.4 is 10.1 Å². The molecule has 0 bridgehead atoms. The van der Waals surface area contributed by atoms with Gasteiger partial charge in [-0.05, 0) is 48.4 Å². The second kappa shape index (κ2) is 9.49. The highest BCUT2D eigenvalue weighted by Gasteiger charge is 2.02. The average Bonchev–Trinajstić information content (AvgIpc) is 3.12. The first-order chi connectivity index (χ1) is 13.6. The summed E-state index contributed by atoms with van der Waals surface area (Å²) >= 11 is 1.60. The number of rotatable bonds is 7. The van der Waals surface area contributed by atoms with E-state index in [1.54, 1.807) is 29.5 Å². The predicted octanol–water partition coefficient (Wildman–Crippen LogP) is 4.75. The predicted molar refractivity (Wildman–Crippen MR) is 111 cm³/mol. The first-order valence-electron chi connectivity index (χ1n) is 8.71. The van der Waals surface area contributed by atoms with E-state index in [0.29, 0.717) is 18.7 Å². The number of ether oxygens (including phenoxy) is 1. The van der Waals surface area contributed by atoms with Gasteiger partial charge in [0, 0.05) is 17.1 Å². The lowest BCUT2D eigenvalue weighted by Crippen LogP contribution is -2.07. The van der Waals surface area contributed by atoms with Gasteiger partial charge in [0.2, 0.25) is 5.91 Å². The Balaban J connectivity index is 1.55. The summed E-state index contributed by atoms with van der Waals surface area (Å²) < 4.78 is 5.77. The van der Waals surface area contributed by atoms with Crippen molar-refractivity contribution >= 4 is 29.0 Å². The molecule has 140 valence electrons. The number of hydrogen-bond donors (Lipinski definition) is 1. The zero-order valence-corrected chi connectivity index (χ0v) is 16.2. The van der Waals surface area contributed by atoms with Gasteiger partial charge in [0.15, 0.2) is 0 Å². The second-order valence-corrected chi connectivity index (χ2v) is 7.14. The van der Waals surface area contributed by atoms with E-state index in [2.05, 4.69) is 16.4 Å². The van der Waals surface area contributed by atoms with Gasteiger partial charge in [0.1, 0.15) is 12.4 Å². The van der Waals surface area contributed by atoms with Gasteiger partial charge in [-0.2, -0.15) is 5.26 Å². The van der Waals surface area contributed by atoms with Crippen molar-refractivity contribution in [1.29, 1.82) is 5.26 Å². The molecule has 3 rings (SSSR count). The van der Waals surface area contributed by atoms with Crippen molar-refractivity contribution in [2.45, 2.75) is 20.0 Å². The van der Waals surface area contributed by atoms with E-state index in [1.165, 1.54) is 6.08 Å². The van der Waals surface area contributed by atoms with Gasteiger partial charge in [0.05, 0.1) is 23.2 Å². The molecule has 1 heterocycles. The normalized spacial score (nSPS) is 10.6. The van der Waals surface area contributed by atoms with Crippen LogP contribution in [0.5, 0.6) is 5.75 Å². The number of carbonyl (C=O) groups excluding carboxylic acids is 1. The summed E-state index contributed by atoms with van der Waals surface area (Å²) in [6, 6.07) is 16.9. The largest absolute Gasteiger partial charge is 0.487 e. The molecular formula is C22H19N3O2S. The summed E-state index contributed by atoms with van der Waals surface area (Å²) in [5.41, 5.74) is 3.38. The highest BCUT2D eigenvalue weighted by molar-refractivity contribution is 7.09. The molecule has 1 N–H and O–H groups in total. The quantitative estimate of drug-likeness (QED) is 0.592. The van der Waals surface area contributed by atoms with E-state index in [-0.39, 0.29) is 5.91 Å². The molecule has 0 aliphatic carbocycles. The number of nitrogens with one attached hydrogen (secondary N) is 1. The summed E-state index contributed by atoms with van der Waals surface area (Å²) in [7, 11) is 0. The van der Waals surface area contributed by atoms with Gasteiger partial charge >= 0.3 is 0 Å². The van der Waals surface area contributed by atoms with E-state index in [9.17, 15) is 4.79 Å². The number of benzene rings is 2. The summed E-state index contributed by atoms with van der Waals surface area (Å²) in [6.45, 7) is 2.38. The Morgan fingerprint density at radius 1 is 1.29 bits per heavy atom. The minimum atomic E-state index is -0.225. The van der Waals surface area contributed by atoms with Crippen molar-refractivity contribution in [2.24, 2.45) is 0 Å². The second-order valence-electron chi connectivity index (χ2n) is 6.07. The molecule has 0 saturated heterocycles. The lowest BCUT2D eigenvalue weighted by atomic mass is 10.1. The summed E-state index contributed by atoms with van der Waals surface area (Å²) in [6.07, 6.45) is 3.57. The minimum absolute atomic E-state index is 0.225. The summed E-state index contributed by atoms with van der Waals surface area (Å²) in [4.78, 5) is 16.5. The van der Waals surface area contributed by atoms with Gasteiger partial charge in [0.25, 0.3) is 0 Å². The Bertz CT molecular complexity index is 1020. The summed E-state index contributed by atoms with van der Waals surface area (Å²) in [5.74, 6) is 0.499. The van der Waals surface area contributed by atoms with Crippen LogP contribution in [0.15, 0.2) is 60.0 Å². The van der Waals surface area contributed by atoms with E-state index in [1.807, 2.05) is 48.7 Å². The Labute approximate surface area is 167 Å². The smallest absolute Gasteiger partial charge is 0.248 e. The third-order valence-corrected chi connectivity index (χ3v) is 4.67. The lowest BCUT2D eigenvalue weighted by molar-refractivity contribution is -0.111. The Morgan fingerprint density at radius 3 is 2.82 bits per heavy atom. The first kappa shape index (κ1) is 19.3. The van der Waals surface area contributed by atoms with Crippen LogP contribution >= 0.6 is 11.3 Å². The van der Waals surface area contributed by atoms with Crippen LogP contribution in [0.4, 0.5) is 5.69 Å². The molecule has 6 heteroatoms. The first-order valence-corrected chi connectivity index (χ1v) is 9.59. The van der Waals surface area contributed by atoms with Crippen LogP contribution in [-0.4, -0.2) is 10.9 Å². The third kappa shape index (κ3) is 5.79. The molecule has 0 radical (unpaired) electrons. The number of hydrogen-bond acceptors (Lipinski definition) is 5. The SMILES string of the molecule is Cc1nc(COc2cccc(/C=C/C(=O)Nc3ccc(CC#N)cc3)c2)cs1. The molecule has 3 aromatic rings. The topological polar surface area (TPSA) is 75.0 Å².